The molecule has 0 bridgehead atoms. The largest absolute Gasteiger partial charge is 0.390 e. The molecule has 0 aliphatic heterocycles. The minimum absolute atomic E-state index is 0.118. The molecule has 0 N–H and O–H groups in total. The van der Waals surface area contributed by atoms with Gasteiger partial charge >= 0.3 is 6.18 Å². The molecule has 104 valence electrons. The minimum Gasteiger partial charge on any atom is -0.328 e. The Morgan fingerprint density at radius 2 is 2.05 bits per heavy atom. The zero-order chi connectivity index (χ0) is 14.0. The lowest BCUT2D eigenvalue weighted by Gasteiger charge is -2.10. The molecule has 0 radical (unpaired) electrons. The molecule has 7 heteroatoms. The van der Waals surface area contributed by atoms with Crippen molar-refractivity contribution in [1.29, 1.82) is 0 Å². The summed E-state index contributed by atoms with van der Waals surface area (Å²) in [5.41, 5.74) is 1.44. The first-order valence-corrected chi connectivity index (χ1v) is 7.29. The number of halogens is 5. The van der Waals surface area contributed by atoms with Crippen molar-refractivity contribution in [2.75, 3.05) is 5.88 Å². The van der Waals surface area contributed by atoms with Gasteiger partial charge in [-0.05, 0) is 40.8 Å². The van der Waals surface area contributed by atoms with Crippen LogP contribution in [-0.2, 0) is 13.0 Å². The smallest absolute Gasteiger partial charge is 0.328 e. The van der Waals surface area contributed by atoms with E-state index in [-0.39, 0.29) is 6.54 Å². The Morgan fingerprint density at radius 3 is 2.68 bits per heavy atom. The molecule has 0 fully saturated rings. The normalized spacial score (nSPS) is 12.3. The van der Waals surface area contributed by atoms with Crippen molar-refractivity contribution >= 4 is 45.2 Å². The average molecular weight is 403 g/mol. The molecule has 2 aromatic rings. The van der Waals surface area contributed by atoms with Crippen LogP contribution in [0, 0.1) is 3.57 Å². The second-order valence-electron chi connectivity index (χ2n) is 4.12. The highest BCUT2D eigenvalue weighted by molar-refractivity contribution is 14.1. The van der Waals surface area contributed by atoms with Gasteiger partial charge in [-0.1, -0.05) is 0 Å². The fourth-order valence-corrected chi connectivity index (χ4v) is 2.56. The number of benzene rings is 1. The van der Waals surface area contributed by atoms with Gasteiger partial charge in [0, 0.05) is 22.4 Å². The van der Waals surface area contributed by atoms with Gasteiger partial charge < -0.3 is 4.57 Å². The average Bonchev–Trinajstić information content (AvgIpc) is 2.62. The standard InChI is InChI=1S/C12H11ClF3IN2/c13-5-3-11-18-9-7-8(17)1-2-10(9)19(11)6-4-12(14,15)16/h1-2,7H,3-6H2. The SMILES string of the molecule is FC(F)(F)CCn1c(CCCl)nc2cc(I)ccc21. The number of aromatic nitrogens is 2. The summed E-state index contributed by atoms with van der Waals surface area (Å²) < 4.78 is 39.7. The summed E-state index contributed by atoms with van der Waals surface area (Å²) in [6.07, 6.45) is -4.57. The lowest BCUT2D eigenvalue weighted by Crippen LogP contribution is -2.14. The molecule has 0 aliphatic carbocycles. The van der Waals surface area contributed by atoms with E-state index in [1.165, 1.54) is 0 Å². The van der Waals surface area contributed by atoms with Crippen LogP contribution in [0.4, 0.5) is 13.2 Å². The first kappa shape index (κ1) is 14.9. The van der Waals surface area contributed by atoms with Gasteiger partial charge in [0.2, 0.25) is 0 Å². The summed E-state index contributed by atoms with van der Waals surface area (Å²) in [6, 6.07) is 5.52. The van der Waals surface area contributed by atoms with Gasteiger partial charge in [-0.25, -0.2) is 4.98 Å². The van der Waals surface area contributed by atoms with Gasteiger partial charge in [0.25, 0.3) is 0 Å². The van der Waals surface area contributed by atoms with Crippen molar-refractivity contribution < 1.29 is 13.2 Å². The summed E-state index contributed by atoms with van der Waals surface area (Å²) in [6.45, 7) is -0.118. The summed E-state index contributed by atoms with van der Waals surface area (Å²) in [5.74, 6) is 0.947. The Balaban J connectivity index is 2.40. The van der Waals surface area contributed by atoms with Crippen LogP contribution in [0.25, 0.3) is 11.0 Å². The molecule has 2 nitrogen and oxygen atoms in total. The Kier molecular flexibility index (Phi) is 4.60. The third-order valence-electron chi connectivity index (χ3n) is 2.73. The number of rotatable bonds is 4. The maximum absolute atomic E-state index is 12.4. The van der Waals surface area contributed by atoms with E-state index in [2.05, 4.69) is 27.6 Å². The van der Waals surface area contributed by atoms with Crippen LogP contribution in [0.2, 0.25) is 0 Å². The van der Waals surface area contributed by atoms with Crippen LogP contribution in [-0.4, -0.2) is 21.6 Å². The van der Waals surface area contributed by atoms with Gasteiger partial charge in [-0.3, -0.25) is 0 Å². The quantitative estimate of drug-likeness (QED) is 0.548. The van der Waals surface area contributed by atoms with Crippen molar-refractivity contribution in [2.24, 2.45) is 0 Å². The first-order chi connectivity index (χ1) is 8.90. The van der Waals surface area contributed by atoms with Crippen molar-refractivity contribution in [3.8, 4) is 0 Å². The summed E-state index contributed by atoms with van der Waals surface area (Å²) in [4.78, 5) is 4.37. The maximum atomic E-state index is 12.4. The van der Waals surface area contributed by atoms with Gasteiger partial charge in [0.15, 0.2) is 0 Å². The molecule has 1 aromatic heterocycles. The molecule has 2 rings (SSSR count). The van der Waals surface area contributed by atoms with E-state index in [0.29, 0.717) is 23.6 Å². The second-order valence-corrected chi connectivity index (χ2v) is 5.74. The third-order valence-corrected chi connectivity index (χ3v) is 3.59. The monoisotopic (exact) mass is 402 g/mol. The highest BCUT2D eigenvalue weighted by Crippen LogP contribution is 2.24. The van der Waals surface area contributed by atoms with E-state index < -0.39 is 12.6 Å². The van der Waals surface area contributed by atoms with Crippen molar-refractivity contribution in [2.45, 2.75) is 25.6 Å². The van der Waals surface area contributed by atoms with E-state index in [0.717, 1.165) is 9.09 Å². The molecule has 19 heavy (non-hydrogen) atoms. The van der Waals surface area contributed by atoms with Crippen LogP contribution in [0.3, 0.4) is 0 Å². The highest BCUT2D eigenvalue weighted by Gasteiger charge is 2.27. The lowest BCUT2D eigenvalue weighted by atomic mass is 10.3. The topological polar surface area (TPSA) is 17.8 Å². The number of fused-ring (bicyclic) bond motifs is 1. The molecule has 0 aliphatic rings. The predicted molar refractivity (Wildman–Crippen MR) is 77.5 cm³/mol. The Hall–Kier alpha value is -0.500. The minimum atomic E-state index is -4.17. The molecule has 1 heterocycles. The second kappa shape index (κ2) is 5.87. The number of nitrogens with zero attached hydrogens (tertiary/aromatic N) is 2. The molecule has 0 amide bonds. The molecule has 0 atom stereocenters. The fourth-order valence-electron chi connectivity index (χ4n) is 1.92. The van der Waals surface area contributed by atoms with Crippen molar-refractivity contribution in [3.63, 3.8) is 0 Å². The number of hydrogen-bond donors (Lipinski definition) is 0. The molecular formula is C12H11ClF3IN2. The Labute approximate surface area is 127 Å². The van der Waals surface area contributed by atoms with Crippen LogP contribution in [0.5, 0.6) is 0 Å². The van der Waals surface area contributed by atoms with Crippen LogP contribution in [0.15, 0.2) is 18.2 Å². The molecule has 0 saturated heterocycles. The Morgan fingerprint density at radius 1 is 1.32 bits per heavy atom. The van der Waals surface area contributed by atoms with Gasteiger partial charge in [0.05, 0.1) is 17.5 Å². The van der Waals surface area contributed by atoms with E-state index >= 15 is 0 Å². The highest BCUT2D eigenvalue weighted by atomic mass is 127. The third kappa shape index (κ3) is 3.75. The maximum Gasteiger partial charge on any atom is 0.390 e. The molecule has 1 aromatic carbocycles. The zero-order valence-corrected chi connectivity index (χ0v) is 12.8. The molecule has 0 saturated carbocycles. The van der Waals surface area contributed by atoms with Gasteiger partial charge in [0.1, 0.15) is 5.82 Å². The van der Waals surface area contributed by atoms with Gasteiger partial charge in [-0.2, -0.15) is 13.2 Å². The van der Waals surface area contributed by atoms with Crippen LogP contribution in [0.1, 0.15) is 12.2 Å². The predicted octanol–water partition coefficient (Wildman–Crippen LogP) is 4.37. The number of imidazole rings is 1. The Bertz CT molecular complexity index is 580. The van der Waals surface area contributed by atoms with Gasteiger partial charge in [-0.15, -0.1) is 11.6 Å². The lowest BCUT2D eigenvalue weighted by molar-refractivity contribution is -0.136. The number of aryl methyl sites for hydroxylation is 2. The summed E-state index contributed by atoms with van der Waals surface area (Å²) in [5, 5.41) is 0. The van der Waals surface area contributed by atoms with Crippen molar-refractivity contribution in [3.05, 3.63) is 27.6 Å². The van der Waals surface area contributed by atoms with E-state index in [1.807, 2.05) is 12.1 Å². The molecule has 0 spiro atoms. The zero-order valence-electron chi connectivity index (χ0n) is 9.84. The summed E-state index contributed by atoms with van der Waals surface area (Å²) >= 11 is 7.83. The number of alkyl halides is 4. The fraction of sp³-hybridized carbons (Fsp3) is 0.417. The summed E-state index contributed by atoms with van der Waals surface area (Å²) in [7, 11) is 0. The van der Waals surface area contributed by atoms with E-state index in [1.54, 1.807) is 10.6 Å². The molecule has 0 unspecified atom stereocenters. The molecular weight excluding hydrogens is 391 g/mol. The van der Waals surface area contributed by atoms with Crippen LogP contribution >= 0.6 is 34.2 Å². The van der Waals surface area contributed by atoms with Crippen molar-refractivity contribution in [1.82, 2.24) is 9.55 Å². The van der Waals surface area contributed by atoms with E-state index in [4.69, 9.17) is 11.6 Å². The van der Waals surface area contributed by atoms with Crippen LogP contribution < -0.4 is 0 Å². The first-order valence-electron chi connectivity index (χ1n) is 5.68. The number of hydrogen-bond acceptors (Lipinski definition) is 1. The van der Waals surface area contributed by atoms with E-state index in [9.17, 15) is 13.2 Å².